The highest BCUT2D eigenvalue weighted by molar-refractivity contribution is 7.92. The van der Waals surface area contributed by atoms with Crippen LogP contribution in [0.3, 0.4) is 0 Å². The molecule has 1 aliphatic heterocycles. The molecular formula is C15H19NO4S. The van der Waals surface area contributed by atoms with Gasteiger partial charge in [-0.3, -0.25) is 4.79 Å². The van der Waals surface area contributed by atoms with E-state index in [1.54, 1.807) is 12.1 Å². The Labute approximate surface area is 125 Å². The van der Waals surface area contributed by atoms with Gasteiger partial charge < -0.3 is 4.74 Å². The Morgan fingerprint density at radius 1 is 1.33 bits per heavy atom. The third-order valence-electron chi connectivity index (χ3n) is 3.13. The number of benzene rings is 1. The molecule has 0 radical (unpaired) electrons. The fourth-order valence-electron chi connectivity index (χ4n) is 2.14. The first-order valence-electron chi connectivity index (χ1n) is 6.96. The van der Waals surface area contributed by atoms with Crippen LogP contribution in [0.1, 0.15) is 31.7 Å². The number of carbonyl (C=O) groups is 1. The third kappa shape index (κ3) is 3.92. The highest BCUT2D eigenvalue weighted by atomic mass is 32.2. The minimum absolute atomic E-state index is 0.201. The number of rotatable bonds is 6. The van der Waals surface area contributed by atoms with Crippen LogP contribution in [0.25, 0.3) is 6.08 Å². The van der Waals surface area contributed by atoms with Crippen molar-refractivity contribution in [2.45, 2.75) is 32.4 Å². The molecule has 6 heteroatoms. The summed E-state index contributed by atoms with van der Waals surface area (Å²) in [6.07, 6.45) is 2.20. The van der Waals surface area contributed by atoms with Crippen molar-refractivity contribution < 1.29 is 17.9 Å². The molecule has 0 bridgehead atoms. The average Bonchev–Trinajstić information content (AvgIpc) is 2.86. The van der Waals surface area contributed by atoms with Gasteiger partial charge in [0.2, 0.25) is 5.91 Å². The van der Waals surface area contributed by atoms with Gasteiger partial charge in [-0.1, -0.05) is 37.3 Å². The van der Waals surface area contributed by atoms with Crippen molar-refractivity contribution in [1.29, 1.82) is 0 Å². The van der Waals surface area contributed by atoms with Gasteiger partial charge in [0.15, 0.2) is 0 Å². The number of nitrogens with zero attached hydrogens (tertiary/aromatic N) is 1. The van der Waals surface area contributed by atoms with Crippen LogP contribution in [0.2, 0.25) is 0 Å². The summed E-state index contributed by atoms with van der Waals surface area (Å²) in [4.78, 5) is 11.8. The van der Waals surface area contributed by atoms with Crippen LogP contribution >= 0.6 is 0 Å². The second kappa shape index (κ2) is 6.87. The van der Waals surface area contributed by atoms with E-state index in [1.165, 1.54) is 6.08 Å². The summed E-state index contributed by atoms with van der Waals surface area (Å²) in [5.74, 6) is -0.409. The van der Waals surface area contributed by atoms with Gasteiger partial charge in [0.1, 0.15) is 6.23 Å². The molecule has 1 aliphatic rings. The first-order valence-corrected chi connectivity index (χ1v) is 8.47. The van der Waals surface area contributed by atoms with Crippen molar-refractivity contribution in [2.75, 3.05) is 6.61 Å². The van der Waals surface area contributed by atoms with Crippen LogP contribution in [0.5, 0.6) is 0 Å². The molecule has 1 aromatic carbocycles. The van der Waals surface area contributed by atoms with Gasteiger partial charge >= 0.3 is 0 Å². The fraction of sp³-hybridized carbons (Fsp3) is 0.400. The Balaban J connectivity index is 2.17. The van der Waals surface area contributed by atoms with E-state index >= 15 is 0 Å². The lowest BCUT2D eigenvalue weighted by Gasteiger charge is -2.22. The number of hydrogen-bond donors (Lipinski definition) is 0. The Hall–Kier alpha value is -1.66. The van der Waals surface area contributed by atoms with Gasteiger partial charge in [-0.25, -0.2) is 12.7 Å². The molecule has 1 heterocycles. The molecule has 0 aromatic heterocycles. The normalized spacial score (nSPS) is 19.6. The first-order chi connectivity index (χ1) is 10.0. The SMILES string of the molecule is CCCOC1CCC(=O)N1S(=O)(=O)C=Cc1ccccc1. The number of carbonyl (C=O) groups excluding carboxylic acids is 1. The molecule has 0 aliphatic carbocycles. The van der Waals surface area contributed by atoms with Crippen molar-refractivity contribution in [2.24, 2.45) is 0 Å². The minimum Gasteiger partial charge on any atom is -0.357 e. The molecule has 21 heavy (non-hydrogen) atoms. The van der Waals surface area contributed by atoms with Gasteiger partial charge in [0.05, 0.1) is 5.41 Å². The predicted octanol–water partition coefficient (Wildman–Crippen LogP) is 2.36. The van der Waals surface area contributed by atoms with Crippen LogP contribution in [-0.2, 0) is 19.6 Å². The largest absolute Gasteiger partial charge is 0.357 e. The van der Waals surface area contributed by atoms with Crippen LogP contribution in [0, 0.1) is 0 Å². The molecule has 2 rings (SSSR count). The van der Waals surface area contributed by atoms with Crippen molar-refractivity contribution in [3.8, 4) is 0 Å². The van der Waals surface area contributed by atoms with E-state index in [9.17, 15) is 13.2 Å². The smallest absolute Gasteiger partial charge is 0.261 e. The van der Waals surface area contributed by atoms with Crippen molar-refractivity contribution >= 4 is 22.0 Å². The molecule has 0 saturated carbocycles. The molecule has 1 aromatic rings. The van der Waals surface area contributed by atoms with Crippen LogP contribution in [0.15, 0.2) is 35.7 Å². The molecule has 1 unspecified atom stereocenters. The molecule has 114 valence electrons. The standard InChI is InChI=1S/C15H19NO4S/c1-2-11-20-15-9-8-14(17)16(15)21(18,19)12-10-13-6-4-3-5-7-13/h3-7,10,12,15H,2,8-9,11H2,1H3. The summed E-state index contributed by atoms with van der Waals surface area (Å²) in [5.41, 5.74) is 0.763. The lowest BCUT2D eigenvalue weighted by molar-refractivity contribution is -0.128. The van der Waals surface area contributed by atoms with Gasteiger partial charge in [-0.15, -0.1) is 0 Å². The second-order valence-electron chi connectivity index (χ2n) is 4.81. The van der Waals surface area contributed by atoms with E-state index in [-0.39, 0.29) is 6.42 Å². The lowest BCUT2D eigenvalue weighted by Crippen LogP contribution is -2.39. The maximum atomic E-state index is 12.3. The zero-order chi connectivity index (χ0) is 15.3. The lowest BCUT2D eigenvalue weighted by atomic mass is 10.2. The average molecular weight is 309 g/mol. The van der Waals surface area contributed by atoms with E-state index in [0.717, 1.165) is 21.7 Å². The van der Waals surface area contributed by atoms with E-state index in [1.807, 2.05) is 25.1 Å². The number of hydrogen-bond acceptors (Lipinski definition) is 4. The monoisotopic (exact) mass is 309 g/mol. The highest BCUT2D eigenvalue weighted by Gasteiger charge is 2.39. The Morgan fingerprint density at radius 3 is 2.71 bits per heavy atom. The van der Waals surface area contributed by atoms with Crippen molar-refractivity contribution in [3.05, 3.63) is 41.3 Å². The summed E-state index contributed by atoms with van der Waals surface area (Å²) in [6, 6.07) is 9.08. The molecule has 1 fully saturated rings. The zero-order valence-electron chi connectivity index (χ0n) is 11.9. The Morgan fingerprint density at radius 2 is 2.05 bits per heavy atom. The first kappa shape index (κ1) is 15.7. The van der Waals surface area contributed by atoms with E-state index < -0.39 is 22.2 Å². The van der Waals surface area contributed by atoms with Gasteiger partial charge in [-0.05, 0) is 18.1 Å². The predicted molar refractivity (Wildman–Crippen MR) is 80.5 cm³/mol. The topological polar surface area (TPSA) is 63.7 Å². The second-order valence-corrected chi connectivity index (χ2v) is 6.51. The van der Waals surface area contributed by atoms with E-state index in [2.05, 4.69) is 0 Å². The molecule has 0 N–H and O–H groups in total. The summed E-state index contributed by atoms with van der Waals surface area (Å²) in [6.45, 7) is 2.37. The number of ether oxygens (including phenoxy) is 1. The van der Waals surface area contributed by atoms with Gasteiger partial charge in [0.25, 0.3) is 10.0 Å². The van der Waals surface area contributed by atoms with Crippen LogP contribution in [-0.4, -0.2) is 31.5 Å². The maximum Gasteiger partial charge on any atom is 0.261 e. The summed E-state index contributed by atoms with van der Waals surface area (Å²) >= 11 is 0. The van der Waals surface area contributed by atoms with Gasteiger partial charge in [-0.2, -0.15) is 0 Å². The number of sulfonamides is 1. The Kier molecular flexibility index (Phi) is 5.14. The fourth-order valence-corrected chi connectivity index (χ4v) is 3.47. The van der Waals surface area contributed by atoms with E-state index in [4.69, 9.17) is 4.74 Å². The number of amides is 1. The van der Waals surface area contributed by atoms with Crippen LogP contribution < -0.4 is 0 Å². The van der Waals surface area contributed by atoms with Gasteiger partial charge in [0, 0.05) is 19.4 Å². The zero-order valence-corrected chi connectivity index (χ0v) is 12.8. The summed E-state index contributed by atoms with van der Waals surface area (Å²) in [7, 11) is -3.81. The highest BCUT2D eigenvalue weighted by Crippen LogP contribution is 2.24. The van der Waals surface area contributed by atoms with Crippen molar-refractivity contribution in [1.82, 2.24) is 4.31 Å². The molecule has 1 saturated heterocycles. The minimum atomic E-state index is -3.81. The van der Waals surface area contributed by atoms with Crippen molar-refractivity contribution in [3.63, 3.8) is 0 Å². The van der Waals surface area contributed by atoms with Crippen LogP contribution in [0.4, 0.5) is 0 Å². The Bertz CT molecular complexity index is 610. The quantitative estimate of drug-likeness (QED) is 0.809. The molecular weight excluding hydrogens is 290 g/mol. The summed E-state index contributed by atoms with van der Waals surface area (Å²) < 4.78 is 31.0. The summed E-state index contributed by atoms with van der Waals surface area (Å²) in [5, 5.41) is 1.06. The van der Waals surface area contributed by atoms with E-state index in [0.29, 0.717) is 13.0 Å². The molecule has 1 atom stereocenters. The molecule has 0 spiro atoms. The molecule has 1 amide bonds. The third-order valence-corrected chi connectivity index (χ3v) is 4.60. The maximum absolute atomic E-state index is 12.3. The molecule has 5 nitrogen and oxygen atoms in total.